The van der Waals surface area contributed by atoms with Gasteiger partial charge in [-0.1, -0.05) is 19.1 Å². The van der Waals surface area contributed by atoms with E-state index in [0.717, 1.165) is 12.0 Å². The van der Waals surface area contributed by atoms with Crippen LogP contribution in [0.4, 0.5) is 5.69 Å². The molecule has 0 saturated heterocycles. The molecule has 0 fully saturated rings. The van der Waals surface area contributed by atoms with Crippen LogP contribution in [0.15, 0.2) is 48.8 Å². The molecule has 1 N–H and O–H groups in total. The maximum atomic E-state index is 12.6. The minimum Gasteiger partial charge on any atom is -0.491 e. The van der Waals surface area contributed by atoms with E-state index in [1.54, 1.807) is 18.2 Å². The van der Waals surface area contributed by atoms with Crippen LogP contribution in [0, 0.1) is 6.92 Å². The van der Waals surface area contributed by atoms with E-state index < -0.39 is 0 Å². The van der Waals surface area contributed by atoms with Crippen LogP contribution >= 0.6 is 0 Å². The molecule has 0 aliphatic carbocycles. The quantitative estimate of drug-likeness (QED) is 0.748. The Kier molecular flexibility index (Phi) is 5.03. The van der Waals surface area contributed by atoms with Gasteiger partial charge in [0.2, 0.25) is 0 Å². The van der Waals surface area contributed by atoms with Crippen molar-refractivity contribution >= 4 is 11.6 Å². The van der Waals surface area contributed by atoms with Crippen molar-refractivity contribution in [1.82, 2.24) is 20.2 Å². The zero-order valence-electron chi connectivity index (χ0n) is 14.1. The molecule has 0 aliphatic heterocycles. The summed E-state index contributed by atoms with van der Waals surface area (Å²) >= 11 is 0. The first-order valence-corrected chi connectivity index (χ1v) is 8.05. The molecule has 0 radical (unpaired) electrons. The Bertz CT molecular complexity index is 862. The lowest BCUT2D eigenvalue weighted by molar-refractivity contribution is 0.102. The van der Waals surface area contributed by atoms with E-state index in [-0.39, 0.29) is 5.91 Å². The number of benzene rings is 2. The summed E-state index contributed by atoms with van der Waals surface area (Å²) in [6.07, 6.45) is 2.38. The predicted octanol–water partition coefficient (Wildman–Crippen LogP) is 3.01. The summed E-state index contributed by atoms with van der Waals surface area (Å²) in [6.45, 7) is 4.62. The first kappa shape index (κ1) is 16.6. The topological polar surface area (TPSA) is 81.9 Å². The molecule has 2 aromatic carbocycles. The average molecular weight is 337 g/mol. The first-order chi connectivity index (χ1) is 12.2. The number of nitrogens with one attached hydrogen (secondary N) is 1. The highest BCUT2D eigenvalue weighted by Crippen LogP contribution is 2.26. The molecule has 128 valence electrons. The minimum absolute atomic E-state index is 0.222. The van der Waals surface area contributed by atoms with Crippen molar-refractivity contribution in [2.45, 2.75) is 20.3 Å². The second-order valence-electron chi connectivity index (χ2n) is 5.61. The van der Waals surface area contributed by atoms with E-state index >= 15 is 0 Å². The molecule has 1 aromatic heterocycles. The fourth-order valence-electron chi connectivity index (χ4n) is 2.33. The Morgan fingerprint density at radius 3 is 2.88 bits per heavy atom. The van der Waals surface area contributed by atoms with Crippen molar-refractivity contribution in [2.24, 2.45) is 0 Å². The number of aryl methyl sites for hydroxylation is 1. The first-order valence-electron chi connectivity index (χ1n) is 8.05. The number of hydrogen-bond acceptors (Lipinski definition) is 5. The van der Waals surface area contributed by atoms with Crippen LogP contribution < -0.4 is 10.1 Å². The second kappa shape index (κ2) is 7.57. The zero-order valence-corrected chi connectivity index (χ0v) is 14.1. The van der Waals surface area contributed by atoms with Crippen LogP contribution in [0.2, 0.25) is 0 Å². The third-order valence-corrected chi connectivity index (χ3v) is 3.57. The van der Waals surface area contributed by atoms with Crippen LogP contribution in [0.5, 0.6) is 5.75 Å². The van der Waals surface area contributed by atoms with Gasteiger partial charge in [-0.2, -0.15) is 0 Å². The molecule has 1 amide bonds. The van der Waals surface area contributed by atoms with E-state index in [9.17, 15) is 4.79 Å². The molecular formula is C18H19N5O2. The largest absolute Gasteiger partial charge is 0.491 e. The van der Waals surface area contributed by atoms with Gasteiger partial charge in [-0.3, -0.25) is 4.79 Å². The minimum atomic E-state index is -0.222. The van der Waals surface area contributed by atoms with Crippen molar-refractivity contribution in [1.29, 1.82) is 0 Å². The smallest absolute Gasteiger partial charge is 0.255 e. The van der Waals surface area contributed by atoms with Crippen molar-refractivity contribution in [3.63, 3.8) is 0 Å². The summed E-state index contributed by atoms with van der Waals surface area (Å²) < 4.78 is 7.24. The summed E-state index contributed by atoms with van der Waals surface area (Å²) in [4.78, 5) is 12.6. The summed E-state index contributed by atoms with van der Waals surface area (Å²) in [5.74, 6) is 0.451. The van der Waals surface area contributed by atoms with Gasteiger partial charge in [-0.05, 0) is 59.7 Å². The highest BCUT2D eigenvalue weighted by Gasteiger charge is 2.11. The molecule has 0 unspecified atom stereocenters. The number of amides is 1. The standard InChI is InChI=1S/C18H19N5O2/c1-3-9-25-17-10-13(2)7-8-16(17)20-18(24)14-5-4-6-15(11-14)23-12-19-21-22-23/h4-8,10-12H,3,9H2,1-2H3,(H,20,24). The fraction of sp³-hybridized carbons (Fsp3) is 0.222. The second-order valence-corrected chi connectivity index (χ2v) is 5.61. The van der Waals surface area contributed by atoms with E-state index in [4.69, 9.17) is 4.74 Å². The molecule has 1 heterocycles. The van der Waals surface area contributed by atoms with Crippen LogP contribution in [0.25, 0.3) is 5.69 Å². The number of tetrazole rings is 1. The Morgan fingerprint density at radius 2 is 2.12 bits per heavy atom. The van der Waals surface area contributed by atoms with Gasteiger partial charge in [0.15, 0.2) is 0 Å². The third-order valence-electron chi connectivity index (χ3n) is 3.57. The van der Waals surface area contributed by atoms with Crippen molar-refractivity contribution in [3.8, 4) is 11.4 Å². The average Bonchev–Trinajstić information content (AvgIpc) is 3.16. The Labute approximate surface area is 145 Å². The predicted molar refractivity (Wildman–Crippen MR) is 94.1 cm³/mol. The summed E-state index contributed by atoms with van der Waals surface area (Å²) in [5.41, 5.74) is 2.95. The van der Waals surface area contributed by atoms with Crippen molar-refractivity contribution < 1.29 is 9.53 Å². The van der Waals surface area contributed by atoms with Gasteiger partial charge in [-0.25, -0.2) is 4.68 Å². The summed E-state index contributed by atoms with van der Waals surface area (Å²) in [5, 5.41) is 14.0. The normalized spacial score (nSPS) is 10.5. The number of carbonyl (C=O) groups is 1. The van der Waals surface area contributed by atoms with Gasteiger partial charge < -0.3 is 10.1 Å². The molecule has 7 heteroatoms. The molecule has 0 spiro atoms. The molecular weight excluding hydrogens is 318 g/mol. The lowest BCUT2D eigenvalue weighted by Crippen LogP contribution is -2.13. The maximum Gasteiger partial charge on any atom is 0.255 e. The van der Waals surface area contributed by atoms with Gasteiger partial charge >= 0.3 is 0 Å². The number of anilines is 1. The molecule has 3 rings (SSSR count). The van der Waals surface area contributed by atoms with E-state index in [1.165, 1.54) is 11.0 Å². The van der Waals surface area contributed by atoms with Gasteiger partial charge in [0.05, 0.1) is 18.0 Å². The fourth-order valence-corrected chi connectivity index (χ4v) is 2.33. The Hall–Kier alpha value is -3.22. The molecule has 0 bridgehead atoms. The lowest BCUT2D eigenvalue weighted by Gasteiger charge is -2.13. The summed E-state index contributed by atoms with van der Waals surface area (Å²) in [7, 11) is 0. The van der Waals surface area contributed by atoms with Gasteiger partial charge in [-0.15, -0.1) is 5.10 Å². The summed E-state index contributed by atoms with van der Waals surface area (Å²) in [6, 6.07) is 12.8. The highest BCUT2D eigenvalue weighted by atomic mass is 16.5. The van der Waals surface area contributed by atoms with Crippen LogP contribution in [-0.2, 0) is 0 Å². The van der Waals surface area contributed by atoms with Crippen molar-refractivity contribution in [2.75, 3.05) is 11.9 Å². The van der Waals surface area contributed by atoms with Crippen LogP contribution in [-0.4, -0.2) is 32.7 Å². The van der Waals surface area contributed by atoms with Gasteiger partial charge in [0.25, 0.3) is 5.91 Å². The monoisotopic (exact) mass is 337 g/mol. The zero-order chi connectivity index (χ0) is 17.6. The van der Waals surface area contributed by atoms with Gasteiger partial charge in [0.1, 0.15) is 12.1 Å². The molecule has 3 aromatic rings. The maximum absolute atomic E-state index is 12.6. The molecule has 25 heavy (non-hydrogen) atoms. The molecule has 7 nitrogen and oxygen atoms in total. The number of aromatic nitrogens is 4. The number of carbonyl (C=O) groups excluding carboxylic acids is 1. The number of rotatable bonds is 6. The van der Waals surface area contributed by atoms with Crippen LogP contribution in [0.3, 0.4) is 0 Å². The number of nitrogens with zero attached hydrogens (tertiary/aromatic N) is 4. The third kappa shape index (κ3) is 4.00. The molecule has 0 atom stereocenters. The van der Waals surface area contributed by atoms with Crippen LogP contribution in [0.1, 0.15) is 29.3 Å². The van der Waals surface area contributed by atoms with E-state index in [0.29, 0.717) is 29.3 Å². The Balaban J connectivity index is 1.82. The lowest BCUT2D eigenvalue weighted by atomic mass is 10.1. The Morgan fingerprint density at radius 1 is 1.24 bits per heavy atom. The van der Waals surface area contributed by atoms with Gasteiger partial charge in [0, 0.05) is 5.56 Å². The van der Waals surface area contributed by atoms with E-state index in [1.807, 2.05) is 38.1 Å². The van der Waals surface area contributed by atoms with Crippen molar-refractivity contribution in [3.05, 3.63) is 59.9 Å². The van der Waals surface area contributed by atoms with E-state index in [2.05, 4.69) is 20.8 Å². The molecule has 0 aliphatic rings. The number of ether oxygens (including phenoxy) is 1. The highest BCUT2D eigenvalue weighted by molar-refractivity contribution is 6.05. The number of hydrogen-bond donors (Lipinski definition) is 1. The molecule has 0 saturated carbocycles. The SMILES string of the molecule is CCCOc1cc(C)ccc1NC(=O)c1cccc(-n2cnnn2)c1.